The van der Waals surface area contributed by atoms with Gasteiger partial charge >= 0.3 is 5.97 Å². The number of aliphatic hydroxyl groups is 1. The predicted molar refractivity (Wildman–Crippen MR) is 73.8 cm³/mol. The summed E-state index contributed by atoms with van der Waals surface area (Å²) in [6.07, 6.45) is -1.73. The van der Waals surface area contributed by atoms with Crippen LogP contribution in [0.1, 0.15) is 13.8 Å². The average Bonchev–Trinajstić information content (AvgIpc) is 2.35. The number of aliphatic hydroxyl groups excluding tert-OH is 1. The Morgan fingerprint density at radius 2 is 2.05 bits per heavy atom. The summed E-state index contributed by atoms with van der Waals surface area (Å²) in [5.74, 6) is -1.68. The summed E-state index contributed by atoms with van der Waals surface area (Å²) in [4.78, 5) is 10.9. The number of nitrogens with one attached hydrogen (secondary N) is 1. The van der Waals surface area contributed by atoms with Gasteiger partial charge in [-0.25, -0.2) is 22.3 Å². The highest BCUT2D eigenvalue weighted by molar-refractivity contribution is 7.89. The SMILES string of the molecule is COC(=O)[C@H](O)C(C)(C)NS(=O)(=O)c1ccc(F)cc1Cl. The van der Waals surface area contributed by atoms with E-state index < -0.39 is 33.5 Å². The summed E-state index contributed by atoms with van der Waals surface area (Å²) >= 11 is 5.70. The number of rotatable bonds is 5. The van der Waals surface area contributed by atoms with Crippen LogP contribution in [0.5, 0.6) is 0 Å². The van der Waals surface area contributed by atoms with Crippen molar-refractivity contribution in [2.45, 2.75) is 30.4 Å². The van der Waals surface area contributed by atoms with Crippen LogP contribution in [0.4, 0.5) is 4.39 Å². The summed E-state index contributed by atoms with van der Waals surface area (Å²) in [6.45, 7) is 2.59. The number of ether oxygens (including phenoxy) is 1. The van der Waals surface area contributed by atoms with Gasteiger partial charge in [-0.3, -0.25) is 0 Å². The number of hydrogen-bond donors (Lipinski definition) is 2. The largest absolute Gasteiger partial charge is 0.467 e. The second kappa shape index (κ2) is 6.27. The summed E-state index contributed by atoms with van der Waals surface area (Å²) in [6, 6.07) is 2.77. The van der Waals surface area contributed by atoms with Crippen molar-refractivity contribution in [3.05, 3.63) is 29.0 Å². The molecule has 1 aromatic rings. The Bertz CT molecular complexity index is 647. The Balaban J connectivity index is 3.12. The number of hydrogen-bond acceptors (Lipinski definition) is 5. The van der Waals surface area contributed by atoms with Gasteiger partial charge < -0.3 is 9.84 Å². The third-order valence-corrected chi connectivity index (χ3v) is 4.84. The van der Waals surface area contributed by atoms with Gasteiger partial charge in [-0.05, 0) is 32.0 Å². The molecule has 0 unspecified atom stereocenters. The molecule has 1 atom stereocenters. The molecule has 0 radical (unpaired) electrons. The standard InChI is InChI=1S/C12H15ClFNO5S/c1-12(2,10(16)11(17)20-3)15-21(18,19)9-5-4-7(14)6-8(9)13/h4-6,10,15-16H,1-3H3/t10-/m0/s1. The topological polar surface area (TPSA) is 92.7 Å². The number of esters is 1. The van der Waals surface area contributed by atoms with Crippen molar-refractivity contribution in [2.75, 3.05) is 7.11 Å². The van der Waals surface area contributed by atoms with E-state index in [-0.39, 0.29) is 9.92 Å². The Hall–Kier alpha value is -1.22. The molecule has 0 saturated heterocycles. The molecule has 0 aliphatic rings. The molecule has 9 heteroatoms. The summed E-state index contributed by atoms with van der Waals surface area (Å²) in [5, 5.41) is 9.46. The molecule has 21 heavy (non-hydrogen) atoms. The van der Waals surface area contributed by atoms with Crippen LogP contribution in [0.15, 0.2) is 23.1 Å². The third kappa shape index (κ3) is 4.13. The second-order valence-electron chi connectivity index (χ2n) is 4.83. The van der Waals surface area contributed by atoms with Crippen molar-refractivity contribution in [3.8, 4) is 0 Å². The Morgan fingerprint density at radius 1 is 1.48 bits per heavy atom. The lowest BCUT2D eigenvalue weighted by molar-refractivity contribution is -0.153. The van der Waals surface area contributed by atoms with E-state index in [1.54, 1.807) is 0 Å². The van der Waals surface area contributed by atoms with Crippen LogP contribution in [0.2, 0.25) is 5.02 Å². The van der Waals surface area contributed by atoms with Gasteiger partial charge in [0.05, 0.1) is 17.7 Å². The molecule has 6 nitrogen and oxygen atoms in total. The van der Waals surface area contributed by atoms with E-state index in [0.29, 0.717) is 0 Å². The number of carbonyl (C=O) groups excluding carboxylic acids is 1. The van der Waals surface area contributed by atoms with Crippen LogP contribution in [0.3, 0.4) is 0 Å². The van der Waals surface area contributed by atoms with Crippen molar-refractivity contribution >= 4 is 27.6 Å². The smallest absolute Gasteiger partial charge is 0.336 e. The quantitative estimate of drug-likeness (QED) is 0.783. The first-order valence-corrected chi connectivity index (χ1v) is 7.62. The van der Waals surface area contributed by atoms with Crippen LogP contribution in [-0.2, 0) is 19.6 Å². The first kappa shape index (κ1) is 17.8. The fraction of sp³-hybridized carbons (Fsp3) is 0.417. The lowest BCUT2D eigenvalue weighted by Gasteiger charge is -2.29. The van der Waals surface area contributed by atoms with Gasteiger partial charge in [-0.2, -0.15) is 0 Å². The third-order valence-electron chi connectivity index (χ3n) is 2.69. The molecule has 0 heterocycles. The summed E-state index contributed by atoms with van der Waals surface area (Å²) < 4.78 is 43.9. The van der Waals surface area contributed by atoms with Crippen LogP contribution in [0.25, 0.3) is 0 Å². The zero-order valence-corrected chi connectivity index (χ0v) is 13.1. The number of sulfonamides is 1. The molecule has 1 aromatic carbocycles. The fourth-order valence-electron chi connectivity index (χ4n) is 1.56. The van der Waals surface area contributed by atoms with E-state index in [0.717, 1.165) is 25.3 Å². The molecule has 0 aliphatic carbocycles. The predicted octanol–water partition coefficient (Wildman–Crippen LogP) is 1.07. The number of methoxy groups -OCH3 is 1. The Morgan fingerprint density at radius 3 is 2.52 bits per heavy atom. The highest BCUT2D eigenvalue weighted by atomic mass is 35.5. The minimum absolute atomic E-state index is 0.314. The van der Waals surface area contributed by atoms with Gasteiger partial charge in [0.25, 0.3) is 0 Å². The van der Waals surface area contributed by atoms with Gasteiger partial charge in [0.2, 0.25) is 10.0 Å². The van der Waals surface area contributed by atoms with Gasteiger partial charge in [-0.15, -0.1) is 0 Å². The first-order valence-electron chi connectivity index (χ1n) is 5.76. The van der Waals surface area contributed by atoms with Crippen molar-refractivity contribution < 1.29 is 27.4 Å². The van der Waals surface area contributed by atoms with Crippen molar-refractivity contribution in [2.24, 2.45) is 0 Å². The minimum atomic E-state index is -4.17. The van der Waals surface area contributed by atoms with E-state index >= 15 is 0 Å². The summed E-state index contributed by atoms with van der Waals surface area (Å²) in [5.41, 5.74) is -1.55. The van der Waals surface area contributed by atoms with Gasteiger partial charge in [-0.1, -0.05) is 11.6 Å². The molecule has 0 amide bonds. The number of benzene rings is 1. The van der Waals surface area contributed by atoms with Crippen molar-refractivity contribution in [3.63, 3.8) is 0 Å². The zero-order valence-electron chi connectivity index (χ0n) is 11.6. The molecule has 0 aliphatic heterocycles. The molecule has 118 valence electrons. The van der Waals surface area contributed by atoms with E-state index in [1.165, 1.54) is 13.8 Å². The number of carbonyl (C=O) groups is 1. The molecule has 2 N–H and O–H groups in total. The van der Waals surface area contributed by atoms with Crippen LogP contribution in [0, 0.1) is 5.82 Å². The molecular formula is C12H15ClFNO5S. The monoisotopic (exact) mass is 339 g/mol. The van der Waals surface area contributed by atoms with Gasteiger partial charge in [0.15, 0.2) is 6.10 Å². The highest BCUT2D eigenvalue weighted by Gasteiger charge is 2.38. The van der Waals surface area contributed by atoms with Crippen LogP contribution in [-0.4, -0.2) is 38.2 Å². The molecular weight excluding hydrogens is 325 g/mol. The Kier molecular flexibility index (Phi) is 5.32. The maximum atomic E-state index is 13.0. The molecule has 0 fully saturated rings. The lowest BCUT2D eigenvalue weighted by Crippen LogP contribution is -2.55. The Labute approximate surface area is 126 Å². The van der Waals surface area contributed by atoms with E-state index in [9.17, 15) is 22.7 Å². The molecule has 0 aromatic heterocycles. The molecule has 0 spiro atoms. The van der Waals surface area contributed by atoms with Crippen molar-refractivity contribution in [1.29, 1.82) is 0 Å². The maximum Gasteiger partial charge on any atom is 0.336 e. The van der Waals surface area contributed by atoms with Crippen LogP contribution >= 0.6 is 11.6 Å². The molecule has 0 saturated carbocycles. The second-order valence-corrected chi connectivity index (χ2v) is 6.89. The van der Waals surface area contributed by atoms with Crippen LogP contribution < -0.4 is 4.72 Å². The van der Waals surface area contributed by atoms with E-state index in [2.05, 4.69) is 9.46 Å². The first-order chi connectivity index (χ1) is 9.51. The van der Waals surface area contributed by atoms with Gasteiger partial charge in [0.1, 0.15) is 10.7 Å². The maximum absolute atomic E-state index is 13.0. The fourth-order valence-corrected chi connectivity index (χ4v) is 3.51. The summed E-state index contributed by atoms with van der Waals surface area (Å²) in [7, 11) is -3.11. The lowest BCUT2D eigenvalue weighted by atomic mass is 9.99. The number of halogens is 2. The minimum Gasteiger partial charge on any atom is -0.467 e. The van der Waals surface area contributed by atoms with E-state index in [4.69, 9.17) is 11.6 Å². The van der Waals surface area contributed by atoms with E-state index in [1.807, 2.05) is 0 Å². The average molecular weight is 340 g/mol. The molecule has 0 bridgehead atoms. The molecule has 1 rings (SSSR count). The highest BCUT2D eigenvalue weighted by Crippen LogP contribution is 2.24. The normalized spacial score (nSPS) is 13.8. The van der Waals surface area contributed by atoms with Gasteiger partial charge in [0, 0.05) is 0 Å². The zero-order chi connectivity index (χ0) is 16.4. The van der Waals surface area contributed by atoms with Crippen molar-refractivity contribution in [1.82, 2.24) is 4.72 Å².